The number of H-pyrrole nitrogens is 1. The van der Waals surface area contributed by atoms with E-state index in [-0.39, 0.29) is 22.9 Å². The summed E-state index contributed by atoms with van der Waals surface area (Å²) in [5, 5.41) is 4.74. The summed E-state index contributed by atoms with van der Waals surface area (Å²) in [4.78, 5) is 14.9. The molecule has 2 aromatic rings. The third kappa shape index (κ3) is 2.47. The Bertz CT molecular complexity index is 635. The average molecular weight is 338 g/mol. The molecule has 3 rings (SSSR count). The van der Waals surface area contributed by atoms with Crippen molar-refractivity contribution in [2.24, 2.45) is 5.73 Å². The largest absolute Gasteiger partial charge is 0.366 e. The van der Waals surface area contributed by atoms with E-state index in [1.165, 1.54) is 10.9 Å². The number of carbonyl (C=O) groups excluding carboxylic acids is 1. The van der Waals surface area contributed by atoms with Crippen LogP contribution in [0.1, 0.15) is 34.8 Å². The molecule has 0 aliphatic heterocycles. The first-order valence-electron chi connectivity index (χ1n) is 6.85. The van der Waals surface area contributed by atoms with E-state index in [4.69, 9.17) is 5.73 Å². The van der Waals surface area contributed by atoms with Gasteiger partial charge in [-0.3, -0.25) is 4.79 Å². The number of hydrogen-bond acceptors (Lipinski definition) is 2. The fourth-order valence-corrected chi connectivity index (χ4v) is 3.05. The number of nitrogens with one attached hydrogen (secondary N) is 2. The van der Waals surface area contributed by atoms with Crippen LogP contribution in [0.5, 0.6) is 0 Å². The molecule has 5 heteroatoms. The number of hydrogen-bond donors (Lipinski definition) is 3. The summed E-state index contributed by atoms with van der Waals surface area (Å²) in [6, 6.07) is 4.18. The van der Waals surface area contributed by atoms with Crippen molar-refractivity contribution in [2.75, 3.05) is 6.54 Å². The molecule has 1 atom stereocenters. The molecule has 1 heterocycles. The van der Waals surface area contributed by atoms with E-state index < -0.39 is 0 Å². The number of primary amides is 1. The van der Waals surface area contributed by atoms with Crippen molar-refractivity contribution in [1.29, 1.82) is 0 Å². The second-order valence-electron chi connectivity index (χ2n) is 5.25. The van der Waals surface area contributed by atoms with Crippen LogP contribution in [-0.2, 0) is 12.8 Å². The standard InChI is InChI=1S/C15H19N3O.BrH/c1-2-5-17-10-6-9-8-18-13-4-3-11(15(16)19)12(7-10)14(9)13;/h3-4,8,10,17-18H,2,5-7H2,1H3,(H2,16,19);1H. The second kappa shape index (κ2) is 5.97. The van der Waals surface area contributed by atoms with Crippen LogP contribution in [0, 0.1) is 0 Å². The van der Waals surface area contributed by atoms with Gasteiger partial charge < -0.3 is 16.0 Å². The molecule has 4 N–H and O–H groups in total. The maximum Gasteiger partial charge on any atom is 0.249 e. The maximum atomic E-state index is 11.6. The fraction of sp³-hybridized carbons (Fsp3) is 0.400. The third-order valence-corrected chi connectivity index (χ3v) is 3.90. The molecule has 4 nitrogen and oxygen atoms in total. The number of aromatic amines is 1. The van der Waals surface area contributed by atoms with Crippen molar-refractivity contribution < 1.29 is 4.79 Å². The van der Waals surface area contributed by atoms with Crippen LogP contribution in [0.4, 0.5) is 0 Å². The van der Waals surface area contributed by atoms with E-state index >= 15 is 0 Å². The summed E-state index contributed by atoms with van der Waals surface area (Å²) in [7, 11) is 0. The molecule has 108 valence electrons. The normalized spacial score (nSPS) is 16.9. The Morgan fingerprint density at radius 1 is 1.45 bits per heavy atom. The lowest BCUT2D eigenvalue weighted by Crippen LogP contribution is -2.36. The minimum atomic E-state index is -0.333. The molecule has 1 aromatic carbocycles. The van der Waals surface area contributed by atoms with Crippen molar-refractivity contribution in [1.82, 2.24) is 10.3 Å². The molecule has 0 spiro atoms. The van der Waals surface area contributed by atoms with Crippen molar-refractivity contribution in [3.8, 4) is 0 Å². The van der Waals surface area contributed by atoms with Gasteiger partial charge in [0, 0.05) is 28.7 Å². The van der Waals surface area contributed by atoms with Crippen LogP contribution >= 0.6 is 17.0 Å². The average Bonchev–Trinajstić information content (AvgIpc) is 2.81. The van der Waals surface area contributed by atoms with E-state index in [2.05, 4.69) is 23.4 Å². The van der Waals surface area contributed by atoms with Crippen LogP contribution < -0.4 is 11.1 Å². The second-order valence-corrected chi connectivity index (χ2v) is 5.25. The number of benzene rings is 1. The van der Waals surface area contributed by atoms with Gasteiger partial charge in [0.15, 0.2) is 0 Å². The van der Waals surface area contributed by atoms with Gasteiger partial charge in [0.05, 0.1) is 0 Å². The van der Waals surface area contributed by atoms with Gasteiger partial charge in [-0.25, -0.2) is 0 Å². The van der Waals surface area contributed by atoms with Gasteiger partial charge in [0.25, 0.3) is 0 Å². The predicted molar refractivity (Wildman–Crippen MR) is 86.6 cm³/mol. The lowest BCUT2D eigenvalue weighted by Gasteiger charge is -2.25. The molecule has 0 saturated heterocycles. The number of nitrogens with two attached hydrogens (primary N) is 1. The van der Waals surface area contributed by atoms with Gasteiger partial charge >= 0.3 is 0 Å². The van der Waals surface area contributed by atoms with Crippen LogP contribution in [0.3, 0.4) is 0 Å². The quantitative estimate of drug-likeness (QED) is 0.801. The van der Waals surface area contributed by atoms with Crippen molar-refractivity contribution in [3.05, 3.63) is 35.0 Å². The zero-order chi connectivity index (χ0) is 13.4. The lowest BCUT2D eigenvalue weighted by molar-refractivity contribution is 0.0999. The van der Waals surface area contributed by atoms with Crippen LogP contribution in [0.15, 0.2) is 18.3 Å². The Morgan fingerprint density at radius 3 is 2.95 bits per heavy atom. The maximum absolute atomic E-state index is 11.6. The van der Waals surface area contributed by atoms with Crippen molar-refractivity contribution in [2.45, 2.75) is 32.2 Å². The molecular weight excluding hydrogens is 318 g/mol. The molecule has 1 aromatic heterocycles. The minimum Gasteiger partial charge on any atom is -0.366 e. The molecule has 1 amide bonds. The van der Waals surface area contributed by atoms with Crippen molar-refractivity contribution in [3.63, 3.8) is 0 Å². The summed E-state index contributed by atoms with van der Waals surface area (Å²) < 4.78 is 0. The molecule has 0 bridgehead atoms. The van der Waals surface area contributed by atoms with Crippen LogP contribution in [0.2, 0.25) is 0 Å². The smallest absolute Gasteiger partial charge is 0.249 e. The Hall–Kier alpha value is -1.33. The molecule has 0 radical (unpaired) electrons. The van der Waals surface area contributed by atoms with E-state index in [9.17, 15) is 4.79 Å². The zero-order valence-corrected chi connectivity index (χ0v) is 13.2. The number of aromatic nitrogens is 1. The zero-order valence-electron chi connectivity index (χ0n) is 11.5. The Morgan fingerprint density at radius 2 is 2.25 bits per heavy atom. The first-order valence-corrected chi connectivity index (χ1v) is 6.85. The summed E-state index contributed by atoms with van der Waals surface area (Å²) in [6.45, 7) is 3.17. The van der Waals surface area contributed by atoms with Gasteiger partial charge in [0.1, 0.15) is 0 Å². The molecular formula is C15H20BrN3O. The topological polar surface area (TPSA) is 70.9 Å². The van der Waals surface area contributed by atoms with Gasteiger partial charge in [-0.15, -0.1) is 17.0 Å². The van der Waals surface area contributed by atoms with Crippen molar-refractivity contribution >= 4 is 33.8 Å². The highest BCUT2D eigenvalue weighted by Gasteiger charge is 2.24. The number of carbonyl (C=O) groups is 1. The van der Waals surface area contributed by atoms with Gasteiger partial charge in [-0.1, -0.05) is 6.92 Å². The molecule has 1 aliphatic carbocycles. The first kappa shape index (κ1) is 15.1. The molecule has 0 saturated carbocycles. The summed E-state index contributed by atoms with van der Waals surface area (Å²) in [6.07, 6.45) is 5.05. The van der Waals surface area contributed by atoms with E-state index in [0.717, 1.165) is 36.9 Å². The SMILES string of the molecule is Br.CCCNC1Cc2c[nH]c3ccc(C(N)=O)c(c23)C1. The van der Waals surface area contributed by atoms with E-state index in [1.54, 1.807) is 0 Å². The van der Waals surface area contributed by atoms with E-state index in [1.807, 2.05) is 12.1 Å². The summed E-state index contributed by atoms with van der Waals surface area (Å²) in [5.41, 5.74) is 9.65. The minimum absolute atomic E-state index is 0. The summed E-state index contributed by atoms with van der Waals surface area (Å²) in [5.74, 6) is -0.333. The van der Waals surface area contributed by atoms with Gasteiger partial charge in [-0.05, 0) is 49.1 Å². The van der Waals surface area contributed by atoms with Gasteiger partial charge in [-0.2, -0.15) is 0 Å². The number of amides is 1. The number of halogens is 1. The van der Waals surface area contributed by atoms with Crippen LogP contribution in [-0.4, -0.2) is 23.5 Å². The highest BCUT2D eigenvalue weighted by Crippen LogP contribution is 2.32. The van der Waals surface area contributed by atoms with Gasteiger partial charge in [0.2, 0.25) is 5.91 Å². The fourth-order valence-electron chi connectivity index (χ4n) is 3.05. The summed E-state index contributed by atoms with van der Waals surface area (Å²) >= 11 is 0. The Labute approximate surface area is 128 Å². The molecule has 1 unspecified atom stereocenters. The van der Waals surface area contributed by atoms with Crippen LogP contribution in [0.25, 0.3) is 10.9 Å². The Balaban J connectivity index is 0.00000147. The lowest BCUT2D eigenvalue weighted by atomic mass is 9.86. The molecule has 1 aliphatic rings. The highest BCUT2D eigenvalue weighted by atomic mass is 79.9. The third-order valence-electron chi connectivity index (χ3n) is 3.90. The molecule has 20 heavy (non-hydrogen) atoms. The monoisotopic (exact) mass is 337 g/mol. The predicted octanol–water partition coefficient (Wildman–Crippen LogP) is 2.31. The highest BCUT2D eigenvalue weighted by molar-refractivity contribution is 8.93. The first-order chi connectivity index (χ1) is 9.20. The Kier molecular flexibility index (Phi) is 4.50. The molecule has 0 fully saturated rings. The van der Waals surface area contributed by atoms with E-state index in [0.29, 0.717) is 11.6 Å². The number of rotatable bonds is 4.